The number of urea groups is 1. The minimum absolute atomic E-state index is 0.330. The number of hydrazine groups is 1. The molecule has 0 saturated heterocycles. The monoisotopic (exact) mass is 225 g/mol. The lowest BCUT2D eigenvalue weighted by Gasteiger charge is -2.09. The predicted octanol–water partition coefficient (Wildman–Crippen LogP) is -0.849. The molecule has 0 bridgehead atoms. The molecule has 1 aromatic heterocycles. The zero-order chi connectivity index (χ0) is 12.0. The molecule has 16 heavy (non-hydrogen) atoms. The van der Waals surface area contributed by atoms with Crippen LogP contribution in [0, 0.1) is 6.92 Å². The Balaban J connectivity index is 2.49. The molecule has 0 radical (unpaired) electrons. The maximum Gasteiger partial charge on any atom is 0.312 e. The van der Waals surface area contributed by atoms with Crippen molar-refractivity contribution in [1.82, 2.24) is 15.3 Å². The molecule has 2 amide bonds. The molecule has 1 heterocycles. The molecule has 0 spiro atoms. The van der Waals surface area contributed by atoms with Gasteiger partial charge in [0.05, 0.1) is 0 Å². The lowest BCUT2D eigenvalue weighted by molar-refractivity contribution is 0.249. The molecule has 0 aromatic carbocycles. The third kappa shape index (κ3) is 3.58. The van der Waals surface area contributed by atoms with E-state index in [0.29, 0.717) is 24.9 Å². The quantitative estimate of drug-likeness (QED) is 0.252. The van der Waals surface area contributed by atoms with Crippen molar-refractivity contribution >= 4 is 17.8 Å². The van der Waals surface area contributed by atoms with Gasteiger partial charge in [0.2, 0.25) is 5.95 Å². The molecule has 1 rings (SSSR count). The van der Waals surface area contributed by atoms with E-state index in [4.69, 9.17) is 11.6 Å². The first kappa shape index (κ1) is 12.0. The van der Waals surface area contributed by atoms with Gasteiger partial charge in [-0.3, -0.25) is 5.43 Å². The number of amides is 2. The minimum atomic E-state index is -0.550. The van der Waals surface area contributed by atoms with Crippen molar-refractivity contribution in [2.24, 2.45) is 11.6 Å². The Morgan fingerprint density at radius 2 is 2.25 bits per heavy atom. The third-order valence-electron chi connectivity index (χ3n) is 1.82. The second-order valence-corrected chi connectivity index (χ2v) is 3.09. The molecule has 0 aliphatic carbocycles. The molecule has 1 aromatic rings. The van der Waals surface area contributed by atoms with Crippen molar-refractivity contribution in [3.05, 3.63) is 11.8 Å². The molecule has 0 fully saturated rings. The number of hydrogen-bond donors (Lipinski definition) is 5. The van der Waals surface area contributed by atoms with Crippen LogP contribution in [0.2, 0.25) is 0 Å². The Morgan fingerprint density at radius 1 is 1.50 bits per heavy atom. The number of aromatic nitrogens is 2. The molecule has 8 heteroatoms. The first-order valence-corrected chi connectivity index (χ1v) is 4.71. The topological polar surface area (TPSA) is 131 Å². The van der Waals surface area contributed by atoms with Gasteiger partial charge in [-0.2, -0.15) is 4.98 Å². The minimum Gasteiger partial charge on any atom is -0.368 e. The molecule has 0 aliphatic rings. The van der Waals surface area contributed by atoms with Crippen LogP contribution in [0.5, 0.6) is 0 Å². The molecule has 8 nitrogen and oxygen atoms in total. The van der Waals surface area contributed by atoms with Crippen LogP contribution >= 0.6 is 0 Å². The summed E-state index contributed by atoms with van der Waals surface area (Å²) in [5, 5.41) is 5.48. The number of nitrogens with zero attached hydrogens (tertiary/aromatic N) is 2. The molecule has 0 saturated carbocycles. The van der Waals surface area contributed by atoms with Crippen LogP contribution in [-0.2, 0) is 0 Å². The molecule has 0 atom stereocenters. The number of nitrogens with two attached hydrogens (primary N) is 2. The molecule has 88 valence electrons. The van der Waals surface area contributed by atoms with Crippen molar-refractivity contribution in [1.29, 1.82) is 0 Å². The summed E-state index contributed by atoms with van der Waals surface area (Å²) < 4.78 is 0. The van der Waals surface area contributed by atoms with Crippen LogP contribution in [0.3, 0.4) is 0 Å². The number of anilines is 2. The van der Waals surface area contributed by atoms with Crippen LogP contribution in [0.25, 0.3) is 0 Å². The smallest absolute Gasteiger partial charge is 0.312 e. The van der Waals surface area contributed by atoms with E-state index >= 15 is 0 Å². The van der Waals surface area contributed by atoms with E-state index in [-0.39, 0.29) is 0 Å². The van der Waals surface area contributed by atoms with Crippen molar-refractivity contribution in [2.45, 2.75) is 6.92 Å². The fraction of sp³-hybridized carbons (Fsp3) is 0.375. The number of nitrogens with one attached hydrogen (secondary N) is 3. The highest BCUT2D eigenvalue weighted by molar-refractivity contribution is 5.71. The first-order valence-electron chi connectivity index (χ1n) is 4.71. The van der Waals surface area contributed by atoms with Gasteiger partial charge >= 0.3 is 6.03 Å². The Morgan fingerprint density at radius 3 is 2.88 bits per heavy atom. The molecule has 0 aliphatic heterocycles. The van der Waals surface area contributed by atoms with Crippen molar-refractivity contribution in [3.8, 4) is 0 Å². The number of carbonyl (C=O) groups excluding carboxylic acids is 1. The van der Waals surface area contributed by atoms with Gasteiger partial charge in [0.1, 0.15) is 5.82 Å². The Kier molecular flexibility index (Phi) is 4.28. The summed E-state index contributed by atoms with van der Waals surface area (Å²) in [7, 11) is 0. The largest absolute Gasteiger partial charge is 0.368 e. The summed E-state index contributed by atoms with van der Waals surface area (Å²) in [6.45, 7) is 2.80. The maximum absolute atomic E-state index is 10.4. The van der Waals surface area contributed by atoms with Gasteiger partial charge in [-0.05, 0) is 6.92 Å². The lowest BCUT2D eigenvalue weighted by Crippen LogP contribution is -2.33. The summed E-state index contributed by atoms with van der Waals surface area (Å²) >= 11 is 0. The molecular weight excluding hydrogens is 210 g/mol. The van der Waals surface area contributed by atoms with E-state index in [1.165, 1.54) is 0 Å². The summed E-state index contributed by atoms with van der Waals surface area (Å²) in [4.78, 5) is 18.5. The molecule has 7 N–H and O–H groups in total. The van der Waals surface area contributed by atoms with Gasteiger partial charge in [0, 0.05) is 24.8 Å². The Hall–Kier alpha value is -2.09. The summed E-state index contributed by atoms with van der Waals surface area (Å²) in [5.41, 5.74) is 8.16. The molecule has 0 unspecified atom stereocenters. The Labute approximate surface area is 92.8 Å². The average molecular weight is 225 g/mol. The van der Waals surface area contributed by atoms with Gasteiger partial charge in [-0.25, -0.2) is 15.6 Å². The van der Waals surface area contributed by atoms with Gasteiger partial charge in [0.25, 0.3) is 0 Å². The zero-order valence-electron chi connectivity index (χ0n) is 8.95. The van der Waals surface area contributed by atoms with Gasteiger partial charge in [0.15, 0.2) is 0 Å². The van der Waals surface area contributed by atoms with E-state index in [0.717, 1.165) is 5.56 Å². The number of carbonyl (C=O) groups is 1. The van der Waals surface area contributed by atoms with Gasteiger partial charge in [-0.1, -0.05) is 0 Å². The van der Waals surface area contributed by atoms with E-state index in [2.05, 4.69) is 26.0 Å². The highest BCUT2D eigenvalue weighted by atomic mass is 16.2. The van der Waals surface area contributed by atoms with E-state index in [1.807, 2.05) is 6.92 Å². The SMILES string of the molecule is Cc1cnc(NN)nc1NCCNC(N)=O. The first-order chi connectivity index (χ1) is 7.63. The number of nitrogen functional groups attached to an aromatic ring is 1. The standard InChI is InChI=1S/C8H15N7O/c1-5-4-13-8(15-10)14-6(5)11-2-3-12-7(9)16/h4H,2-3,10H2,1H3,(H3,9,12,16)(H2,11,13,14,15). The van der Waals surface area contributed by atoms with Crippen molar-refractivity contribution in [3.63, 3.8) is 0 Å². The Bertz CT molecular complexity index is 367. The summed E-state index contributed by atoms with van der Waals surface area (Å²) in [6.07, 6.45) is 1.64. The summed E-state index contributed by atoms with van der Waals surface area (Å²) in [5.74, 6) is 6.18. The van der Waals surface area contributed by atoms with Crippen molar-refractivity contribution in [2.75, 3.05) is 23.8 Å². The van der Waals surface area contributed by atoms with Crippen LogP contribution in [0.4, 0.5) is 16.6 Å². The van der Waals surface area contributed by atoms with E-state index in [1.54, 1.807) is 6.20 Å². The highest BCUT2D eigenvalue weighted by Crippen LogP contribution is 2.10. The molecular formula is C8H15N7O. The highest BCUT2D eigenvalue weighted by Gasteiger charge is 2.01. The van der Waals surface area contributed by atoms with Crippen molar-refractivity contribution < 1.29 is 4.79 Å². The average Bonchev–Trinajstić information content (AvgIpc) is 2.26. The second-order valence-electron chi connectivity index (χ2n) is 3.09. The second kappa shape index (κ2) is 5.71. The predicted molar refractivity (Wildman–Crippen MR) is 60.7 cm³/mol. The number of aryl methyl sites for hydroxylation is 1. The van der Waals surface area contributed by atoms with Gasteiger partial charge in [-0.15, -0.1) is 0 Å². The zero-order valence-corrected chi connectivity index (χ0v) is 8.95. The number of rotatable bonds is 5. The maximum atomic E-state index is 10.4. The van der Waals surface area contributed by atoms with Crippen LogP contribution in [-0.4, -0.2) is 29.1 Å². The summed E-state index contributed by atoms with van der Waals surface area (Å²) in [6, 6.07) is -0.550. The fourth-order valence-corrected chi connectivity index (χ4v) is 1.06. The lowest BCUT2D eigenvalue weighted by atomic mass is 10.3. The van der Waals surface area contributed by atoms with Crippen LogP contribution < -0.4 is 27.6 Å². The number of hydrogen-bond acceptors (Lipinski definition) is 6. The third-order valence-corrected chi connectivity index (χ3v) is 1.82. The van der Waals surface area contributed by atoms with Crippen LogP contribution in [0.1, 0.15) is 5.56 Å². The normalized spacial score (nSPS) is 9.62. The van der Waals surface area contributed by atoms with Crippen LogP contribution in [0.15, 0.2) is 6.20 Å². The fourth-order valence-electron chi connectivity index (χ4n) is 1.06. The van der Waals surface area contributed by atoms with E-state index in [9.17, 15) is 4.79 Å². The number of primary amides is 1. The van der Waals surface area contributed by atoms with E-state index < -0.39 is 6.03 Å². The van der Waals surface area contributed by atoms with Gasteiger partial charge < -0.3 is 16.4 Å².